The van der Waals surface area contributed by atoms with Crippen LogP contribution in [0, 0.1) is 0 Å². The van der Waals surface area contributed by atoms with Crippen molar-refractivity contribution in [3.05, 3.63) is 84.4 Å². The second-order valence-electron chi connectivity index (χ2n) is 9.92. The Balaban J connectivity index is 1.37. The zero-order chi connectivity index (χ0) is 26.7. The lowest BCUT2D eigenvalue weighted by atomic mass is 10.0. The fourth-order valence-corrected chi connectivity index (χ4v) is 4.72. The summed E-state index contributed by atoms with van der Waals surface area (Å²) in [5.74, 6) is 0.820. The van der Waals surface area contributed by atoms with Gasteiger partial charge in [-0.3, -0.25) is 4.90 Å². The van der Waals surface area contributed by atoms with Crippen LogP contribution in [0.2, 0.25) is 0 Å². The predicted octanol–water partition coefficient (Wildman–Crippen LogP) is 5.62. The van der Waals surface area contributed by atoms with E-state index in [4.69, 9.17) is 4.74 Å². The number of piperazine rings is 1. The third-order valence-electron chi connectivity index (χ3n) is 7.01. The van der Waals surface area contributed by atoms with Crippen molar-refractivity contribution in [1.29, 1.82) is 0 Å². The van der Waals surface area contributed by atoms with Gasteiger partial charge in [0.2, 0.25) is 0 Å². The minimum atomic E-state index is -0.206. The molecule has 0 aromatic heterocycles. The molecule has 1 unspecified atom stereocenters. The number of carbonyl (C=O) groups excluding carboxylic acids is 1. The minimum absolute atomic E-state index is 0.0872. The first-order chi connectivity index (χ1) is 18.5. The highest BCUT2D eigenvalue weighted by molar-refractivity contribution is 5.89. The quantitative estimate of drug-likeness (QED) is 0.325. The molecule has 3 aromatic carbocycles. The van der Waals surface area contributed by atoms with Gasteiger partial charge in [0, 0.05) is 63.9 Å². The van der Waals surface area contributed by atoms with E-state index in [9.17, 15) is 4.79 Å². The van der Waals surface area contributed by atoms with Gasteiger partial charge >= 0.3 is 6.03 Å². The summed E-state index contributed by atoms with van der Waals surface area (Å²) in [7, 11) is 4.09. The number of para-hydroxylation sites is 1. The van der Waals surface area contributed by atoms with Gasteiger partial charge in [-0.1, -0.05) is 43.7 Å². The highest BCUT2D eigenvalue weighted by Gasteiger charge is 2.26. The summed E-state index contributed by atoms with van der Waals surface area (Å²) in [6.07, 6.45) is 2.13. The Morgan fingerprint density at radius 1 is 0.921 bits per heavy atom. The van der Waals surface area contributed by atoms with Crippen LogP contribution < -0.4 is 25.2 Å². The third-order valence-corrected chi connectivity index (χ3v) is 7.01. The number of rotatable bonds is 11. The van der Waals surface area contributed by atoms with Gasteiger partial charge in [0.25, 0.3) is 0 Å². The first kappa shape index (κ1) is 27.3. The van der Waals surface area contributed by atoms with Crippen molar-refractivity contribution < 1.29 is 9.53 Å². The topological polar surface area (TPSA) is 60.1 Å². The normalized spacial score (nSPS) is 14.6. The molecule has 0 bridgehead atoms. The molecule has 3 aromatic rings. The van der Waals surface area contributed by atoms with E-state index in [0.29, 0.717) is 13.2 Å². The molecule has 4 rings (SSSR count). The summed E-state index contributed by atoms with van der Waals surface area (Å²) in [5, 5.41) is 6.08. The molecular weight excluding hydrogens is 474 g/mol. The summed E-state index contributed by atoms with van der Waals surface area (Å²) < 4.78 is 5.72. The van der Waals surface area contributed by atoms with Crippen LogP contribution in [-0.4, -0.2) is 64.4 Å². The number of hydrogen-bond acceptors (Lipinski definition) is 5. The Hall–Kier alpha value is -3.71. The summed E-state index contributed by atoms with van der Waals surface area (Å²) in [5.41, 5.74) is 4.37. The number of unbranched alkanes of at least 4 members (excludes halogenated alkanes) is 1. The van der Waals surface area contributed by atoms with Gasteiger partial charge in [0.05, 0.1) is 12.6 Å². The third kappa shape index (κ3) is 7.65. The van der Waals surface area contributed by atoms with E-state index in [1.54, 1.807) is 0 Å². The summed E-state index contributed by atoms with van der Waals surface area (Å²) in [4.78, 5) is 19.8. The monoisotopic (exact) mass is 515 g/mol. The maximum atomic E-state index is 12.8. The van der Waals surface area contributed by atoms with Crippen LogP contribution in [0.1, 0.15) is 31.4 Å². The number of amides is 2. The van der Waals surface area contributed by atoms with Crippen molar-refractivity contribution >= 4 is 23.1 Å². The number of nitrogens with one attached hydrogen (secondary N) is 2. The first-order valence-corrected chi connectivity index (χ1v) is 13.6. The van der Waals surface area contributed by atoms with E-state index >= 15 is 0 Å². The molecule has 0 aliphatic carbocycles. The highest BCUT2D eigenvalue weighted by Crippen LogP contribution is 2.26. The van der Waals surface area contributed by atoms with Crippen LogP contribution in [-0.2, 0) is 0 Å². The zero-order valence-corrected chi connectivity index (χ0v) is 22.9. The van der Waals surface area contributed by atoms with E-state index in [0.717, 1.165) is 56.1 Å². The molecule has 38 heavy (non-hydrogen) atoms. The second kappa shape index (κ2) is 13.7. The van der Waals surface area contributed by atoms with Gasteiger partial charge in [0.15, 0.2) is 0 Å². The van der Waals surface area contributed by atoms with E-state index in [1.807, 2.05) is 38.4 Å². The number of carbonyl (C=O) groups is 1. The number of anilines is 3. The van der Waals surface area contributed by atoms with Crippen LogP contribution in [0.25, 0.3) is 0 Å². The Bertz CT molecular complexity index is 1110. The standard InChI is InChI=1S/C31H41N5O2/c1-4-5-23-38-29-17-13-26(14-18-29)33-31(37)32-24-30(25-11-15-27(16-12-25)34(2)3)36-21-19-35(20-22-36)28-9-7-6-8-10-28/h6-18,30H,4-5,19-24H2,1-3H3,(H2,32,33,37). The lowest BCUT2D eigenvalue weighted by Gasteiger charge is -2.40. The molecular formula is C31H41N5O2. The van der Waals surface area contributed by atoms with E-state index in [2.05, 4.69) is 86.9 Å². The van der Waals surface area contributed by atoms with Crippen LogP contribution in [0.5, 0.6) is 5.75 Å². The lowest BCUT2D eigenvalue weighted by molar-refractivity contribution is 0.182. The minimum Gasteiger partial charge on any atom is -0.494 e. The average Bonchev–Trinajstić information content (AvgIpc) is 2.95. The second-order valence-corrected chi connectivity index (χ2v) is 9.92. The van der Waals surface area contributed by atoms with Crippen LogP contribution in [0.3, 0.4) is 0 Å². The molecule has 1 heterocycles. The molecule has 0 spiro atoms. The maximum absolute atomic E-state index is 12.8. The predicted molar refractivity (Wildman–Crippen MR) is 158 cm³/mol. The maximum Gasteiger partial charge on any atom is 0.319 e. The lowest BCUT2D eigenvalue weighted by Crippen LogP contribution is -2.50. The molecule has 202 valence electrons. The molecule has 1 saturated heterocycles. The van der Waals surface area contributed by atoms with Crippen LogP contribution in [0.4, 0.5) is 21.9 Å². The number of ether oxygens (including phenoxy) is 1. The smallest absolute Gasteiger partial charge is 0.319 e. The van der Waals surface area contributed by atoms with Crippen molar-refractivity contribution in [2.45, 2.75) is 25.8 Å². The van der Waals surface area contributed by atoms with Crippen molar-refractivity contribution in [1.82, 2.24) is 10.2 Å². The van der Waals surface area contributed by atoms with Crippen molar-refractivity contribution in [2.75, 3.05) is 68.5 Å². The molecule has 0 saturated carbocycles. The Morgan fingerprint density at radius 2 is 1.61 bits per heavy atom. The molecule has 2 N–H and O–H groups in total. The molecule has 7 heteroatoms. The molecule has 1 aliphatic heterocycles. The zero-order valence-electron chi connectivity index (χ0n) is 22.9. The Labute approximate surface area is 227 Å². The summed E-state index contributed by atoms with van der Waals surface area (Å²) >= 11 is 0. The van der Waals surface area contributed by atoms with Crippen molar-refractivity contribution in [2.24, 2.45) is 0 Å². The molecule has 7 nitrogen and oxygen atoms in total. The van der Waals surface area contributed by atoms with Gasteiger partial charge in [-0.15, -0.1) is 0 Å². The van der Waals surface area contributed by atoms with E-state index < -0.39 is 0 Å². The fourth-order valence-electron chi connectivity index (χ4n) is 4.72. The van der Waals surface area contributed by atoms with Crippen molar-refractivity contribution in [3.8, 4) is 5.75 Å². The molecule has 2 amide bonds. The molecule has 1 atom stereocenters. The first-order valence-electron chi connectivity index (χ1n) is 13.6. The molecule has 1 aliphatic rings. The Morgan fingerprint density at radius 3 is 2.24 bits per heavy atom. The van der Waals surface area contributed by atoms with Gasteiger partial charge in [0.1, 0.15) is 5.75 Å². The summed E-state index contributed by atoms with van der Waals surface area (Å²) in [6.45, 7) is 7.14. The number of hydrogen-bond donors (Lipinski definition) is 2. The van der Waals surface area contributed by atoms with E-state index in [-0.39, 0.29) is 12.1 Å². The summed E-state index contributed by atoms with van der Waals surface area (Å²) in [6, 6.07) is 26.7. The SMILES string of the molecule is CCCCOc1ccc(NC(=O)NCC(c2ccc(N(C)C)cc2)N2CCN(c3ccccc3)CC2)cc1. The van der Waals surface area contributed by atoms with Gasteiger partial charge < -0.3 is 25.2 Å². The van der Waals surface area contributed by atoms with Gasteiger partial charge in [-0.2, -0.15) is 0 Å². The highest BCUT2D eigenvalue weighted by atomic mass is 16.5. The van der Waals surface area contributed by atoms with Crippen LogP contribution in [0.15, 0.2) is 78.9 Å². The van der Waals surface area contributed by atoms with Gasteiger partial charge in [-0.05, 0) is 60.5 Å². The van der Waals surface area contributed by atoms with E-state index in [1.165, 1.54) is 11.3 Å². The average molecular weight is 516 g/mol. The number of benzene rings is 3. The number of urea groups is 1. The Kier molecular flexibility index (Phi) is 9.87. The number of nitrogens with zero attached hydrogens (tertiary/aromatic N) is 3. The fraction of sp³-hybridized carbons (Fsp3) is 0.387. The van der Waals surface area contributed by atoms with Crippen molar-refractivity contribution in [3.63, 3.8) is 0 Å². The molecule has 0 radical (unpaired) electrons. The molecule has 1 fully saturated rings. The largest absolute Gasteiger partial charge is 0.494 e. The van der Waals surface area contributed by atoms with Gasteiger partial charge in [-0.25, -0.2) is 4.79 Å². The van der Waals surface area contributed by atoms with Crippen LogP contribution >= 0.6 is 0 Å².